The molecular formula is C20H21F2N3O4. The van der Waals surface area contributed by atoms with Crippen LogP contribution >= 0.6 is 0 Å². The number of carboxylic acid groups (broad SMARTS) is 1. The lowest BCUT2D eigenvalue weighted by molar-refractivity contribution is 0.124. The van der Waals surface area contributed by atoms with Crippen LogP contribution in [0.15, 0.2) is 17.1 Å². The van der Waals surface area contributed by atoms with Crippen LogP contribution in [-0.2, 0) is 0 Å². The van der Waals surface area contributed by atoms with Crippen LogP contribution in [0, 0.1) is 11.6 Å². The van der Waals surface area contributed by atoms with Crippen LogP contribution < -0.4 is 15.1 Å². The van der Waals surface area contributed by atoms with E-state index in [0.29, 0.717) is 6.54 Å². The molecule has 4 aliphatic rings. The van der Waals surface area contributed by atoms with Crippen molar-refractivity contribution < 1.29 is 23.4 Å². The lowest BCUT2D eigenvalue weighted by Gasteiger charge is -2.51. The predicted molar refractivity (Wildman–Crippen MR) is 102 cm³/mol. The van der Waals surface area contributed by atoms with E-state index in [0.717, 1.165) is 38.3 Å². The highest BCUT2D eigenvalue weighted by Crippen LogP contribution is 2.42. The van der Waals surface area contributed by atoms with Gasteiger partial charge in [0.1, 0.15) is 11.5 Å². The van der Waals surface area contributed by atoms with Crippen LogP contribution in [0.25, 0.3) is 10.9 Å². The van der Waals surface area contributed by atoms with Gasteiger partial charge >= 0.3 is 6.16 Å². The Kier molecular flexibility index (Phi) is 4.06. The Balaban J connectivity index is 1.71. The smallest absolute Gasteiger partial charge is 0.449 e. The molecule has 0 spiro atoms. The number of carbonyl (C=O) groups is 1. The molecule has 2 aromatic rings. The summed E-state index contributed by atoms with van der Waals surface area (Å²) in [6, 6.07) is 1.22. The zero-order chi connectivity index (χ0) is 20.4. The van der Waals surface area contributed by atoms with Crippen molar-refractivity contribution in [3.8, 4) is 5.75 Å². The van der Waals surface area contributed by atoms with Crippen LogP contribution in [0.4, 0.5) is 19.3 Å². The van der Waals surface area contributed by atoms with Crippen molar-refractivity contribution in [1.82, 2.24) is 9.47 Å². The maximum atomic E-state index is 15.7. The topological polar surface area (TPSA) is 75.0 Å². The van der Waals surface area contributed by atoms with Crippen LogP contribution in [-0.4, -0.2) is 52.9 Å². The molecule has 154 valence electrons. The van der Waals surface area contributed by atoms with Crippen molar-refractivity contribution in [2.45, 2.75) is 43.8 Å². The molecule has 2 atom stereocenters. The van der Waals surface area contributed by atoms with Gasteiger partial charge in [-0.25, -0.2) is 13.6 Å². The first-order chi connectivity index (χ1) is 13.8. The Bertz CT molecular complexity index is 1080. The normalized spacial score (nSPS) is 24.3. The molecule has 3 aliphatic heterocycles. The second-order valence-corrected chi connectivity index (χ2v) is 8.22. The minimum Gasteiger partial charge on any atom is -0.449 e. The fourth-order valence-electron chi connectivity index (χ4n) is 4.79. The van der Waals surface area contributed by atoms with Gasteiger partial charge in [0.15, 0.2) is 11.6 Å². The number of ether oxygens (including phenoxy) is 1. The number of pyridine rings is 1. The fraction of sp³-hybridized carbons (Fsp3) is 0.500. The minimum absolute atomic E-state index is 0.0152. The first-order valence-corrected chi connectivity index (χ1v) is 9.79. The number of halogens is 2. The van der Waals surface area contributed by atoms with Gasteiger partial charge in [-0.05, 0) is 38.8 Å². The molecule has 9 heteroatoms. The first kappa shape index (κ1) is 18.4. The highest BCUT2D eigenvalue weighted by Gasteiger charge is 2.40. The summed E-state index contributed by atoms with van der Waals surface area (Å²) in [5, 5.41) is 8.68. The van der Waals surface area contributed by atoms with Crippen molar-refractivity contribution in [2.24, 2.45) is 0 Å². The van der Waals surface area contributed by atoms with Gasteiger partial charge in [-0.1, -0.05) is 0 Å². The molecule has 7 nitrogen and oxygen atoms in total. The maximum Gasteiger partial charge on any atom is 0.511 e. The third-order valence-corrected chi connectivity index (χ3v) is 6.38. The summed E-state index contributed by atoms with van der Waals surface area (Å²) >= 11 is 0. The Labute approximate surface area is 165 Å². The molecule has 1 aliphatic carbocycles. The molecule has 4 fully saturated rings. The van der Waals surface area contributed by atoms with Crippen LogP contribution in [0.2, 0.25) is 0 Å². The summed E-state index contributed by atoms with van der Waals surface area (Å²) in [7, 11) is 2.02. The summed E-state index contributed by atoms with van der Waals surface area (Å²) < 4.78 is 37.0. The lowest BCUT2D eigenvalue weighted by atomic mass is 9.90. The number of nitrogens with zero attached hydrogens (tertiary/aromatic N) is 3. The molecule has 2 bridgehead atoms. The highest BCUT2D eigenvalue weighted by molar-refractivity contribution is 5.86. The fourth-order valence-corrected chi connectivity index (χ4v) is 4.79. The molecule has 2 unspecified atom stereocenters. The number of aromatic nitrogens is 1. The monoisotopic (exact) mass is 405 g/mol. The minimum atomic E-state index is -1.64. The van der Waals surface area contributed by atoms with Gasteiger partial charge in [0.25, 0.3) is 0 Å². The molecular weight excluding hydrogens is 384 g/mol. The van der Waals surface area contributed by atoms with E-state index in [-0.39, 0.29) is 34.7 Å². The first-order valence-electron chi connectivity index (χ1n) is 9.79. The maximum absolute atomic E-state index is 15.7. The standard InChI is InChI=1S/C20H21F2N3O4/c1-23-7-12-5-4-11(23)8-24(12)18-14(21)6-13-17(16(18)22)25(10-2-3-10)9-15(19(13)26)29-20(27)28/h6,9-12H,2-5,7-8H2,1H3,(H,27,28). The molecule has 1 aromatic carbocycles. The molecule has 1 aromatic heterocycles. The van der Waals surface area contributed by atoms with E-state index < -0.39 is 29.0 Å². The summed E-state index contributed by atoms with van der Waals surface area (Å²) in [6.07, 6.45) is 3.00. The number of likely N-dealkylation sites (N-methyl/N-ethyl adjacent to an activating group) is 1. The molecule has 0 radical (unpaired) electrons. The summed E-state index contributed by atoms with van der Waals surface area (Å²) in [4.78, 5) is 27.6. The van der Waals surface area contributed by atoms with E-state index in [1.807, 2.05) is 7.05 Å². The quantitative estimate of drug-likeness (QED) is 0.792. The second kappa shape index (κ2) is 6.41. The van der Waals surface area contributed by atoms with E-state index in [9.17, 15) is 9.59 Å². The van der Waals surface area contributed by atoms with Crippen molar-refractivity contribution in [3.63, 3.8) is 0 Å². The van der Waals surface area contributed by atoms with Gasteiger partial charge in [-0.3, -0.25) is 9.69 Å². The van der Waals surface area contributed by atoms with Crippen molar-refractivity contribution in [2.75, 3.05) is 25.0 Å². The molecule has 0 amide bonds. The van der Waals surface area contributed by atoms with Gasteiger partial charge in [0.2, 0.25) is 5.43 Å². The van der Waals surface area contributed by atoms with E-state index in [1.54, 1.807) is 4.90 Å². The van der Waals surface area contributed by atoms with E-state index >= 15 is 8.78 Å². The average molecular weight is 405 g/mol. The summed E-state index contributed by atoms with van der Waals surface area (Å²) in [6.45, 7) is 1.27. The van der Waals surface area contributed by atoms with Crippen LogP contribution in [0.3, 0.4) is 0 Å². The Morgan fingerprint density at radius 2 is 1.83 bits per heavy atom. The Morgan fingerprint density at radius 1 is 1.14 bits per heavy atom. The third-order valence-electron chi connectivity index (χ3n) is 6.38. The van der Waals surface area contributed by atoms with E-state index in [1.165, 1.54) is 10.8 Å². The summed E-state index contributed by atoms with van der Waals surface area (Å²) in [5.41, 5.74) is -0.911. The second-order valence-electron chi connectivity index (χ2n) is 8.22. The number of hydrogen-bond donors (Lipinski definition) is 1. The van der Waals surface area contributed by atoms with Crippen molar-refractivity contribution in [1.29, 1.82) is 0 Å². The van der Waals surface area contributed by atoms with Crippen LogP contribution in [0.1, 0.15) is 31.7 Å². The number of rotatable bonds is 3. The van der Waals surface area contributed by atoms with E-state index in [2.05, 4.69) is 9.64 Å². The Morgan fingerprint density at radius 3 is 2.41 bits per heavy atom. The zero-order valence-corrected chi connectivity index (χ0v) is 15.9. The van der Waals surface area contributed by atoms with Gasteiger partial charge in [-0.15, -0.1) is 0 Å². The lowest BCUT2D eigenvalue weighted by Crippen LogP contribution is -2.61. The Hall–Kier alpha value is -2.68. The van der Waals surface area contributed by atoms with Crippen molar-refractivity contribution in [3.05, 3.63) is 34.1 Å². The van der Waals surface area contributed by atoms with Gasteiger partial charge < -0.3 is 19.3 Å². The number of hydrogen-bond acceptors (Lipinski definition) is 5. The van der Waals surface area contributed by atoms with Gasteiger partial charge in [0, 0.05) is 31.2 Å². The third kappa shape index (κ3) is 2.87. The molecule has 4 heterocycles. The van der Waals surface area contributed by atoms with Crippen molar-refractivity contribution >= 4 is 22.7 Å². The zero-order valence-electron chi connectivity index (χ0n) is 15.9. The SMILES string of the molecule is CN1CC2CCC1CN2c1c(F)cc2c(=O)c(OC(=O)O)cn(C3CC3)c2c1F. The average Bonchev–Trinajstić information content (AvgIpc) is 3.50. The number of benzene rings is 1. The molecule has 1 saturated carbocycles. The highest BCUT2D eigenvalue weighted by atomic mass is 19.1. The number of anilines is 1. The van der Waals surface area contributed by atoms with E-state index in [4.69, 9.17) is 5.11 Å². The molecule has 3 saturated heterocycles. The molecule has 6 rings (SSSR count). The molecule has 29 heavy (non-hydrogen) atoms. The van der Waals surface area contributed by atoms with Crippen LogP contribution in [0.5, 0.6) is 5.75 Å². The summed E-state index contributed by atoms with van der Waals surface area (Å²) in [5.74, 6) is -2.01. The van der Waals surface area contributed by atoms with Gasteiger partial charge in [0.05, 0.1) is 17.1 Å². The van der Waals surface area contributed by atoms with Gasteiger partial charge in [-0.2, -0.15) is 0 Å². The predicted octanol–water partition coefficient (Wildman–Crippen LogP) is 2.95. The number of fused-ring (bicyclic) bond motifs is 4. The number of piperazine rings is 1. The number of piperidine rings is 2. The largest absolute Gasteiger partial charge is 0.511 e. The molecule has 1 N–H and O–H groups in total.